The van der Waals surface area contributed by atoms with Crippen LogP contribution in [0.4, 0.5) is 5.69 Å². The van der Waals surface area contributed by atoms with Crippen molar-refractivity contribution in [1.82, 2.24) is 4.72 Å². The summed E-state index contributed by atoms with van der Waals surface area (Å²) in [5.41, 5.74) is 3.86. The lowest BCUT2D eigenvalue weighted by Gasteiger charge is -2.36. The van der Waals surface area contributed by atoms with Gasteiger partial charge in [-0.2, -0.15) is 0 Å². The van der Waals surface area contributed by atoms with Gasteiger partial charge in [0.25, 0.3) is 5.91 Å². The number of anilines is 1. The Hall–Kier alpha value is -2.38. The molecule has 4 rings (SSSR count). The number of nitrogens with one attached hydrogen (secondary N) is 1. The Bertz CT molecular complexity index is 1290. The number of carbonyl (C=O) groups excluding carboxylic acids is 2. The first-order chi connectivity index (χ1) is 20.7. The maximum atomic E-state index is 13.3. The van der Waals surface area contributed by atoms with Gasteiger partial charge in [0, 0.05) is 36.0 Å². The number of fused-ring (bicyclic) bond motifs is 1. The molecule has 2 bridgehead atoms. The maximum Gasteiger partial charge on any atom is 0.263 e. The van der Waals surface area contributed by atoms with Gasteiger partial charge in [-0.3, -0.25) is 9.52 Å². The number of halogens is 1. The molecule has 6 nitrogen and oxygen atoms in total. The fourth-order valence-electron chi connectivity index (χ4n) is 7.16. The van der Waals surface area contributed by atoms with E-state index in [1.54, 1.807) is 6.07 Å². The second kappa shape index (κ2) is 15.6. The van der Waals surface area contributed by atoms with Crippen LogP contribution in [0.5, 0.6) is 5.75 Å². The summed E-state index contributed by atoms with van der Waals surface area (Å²) < 4.78 is 22.4. The van der Waals surface area contributed by atoms with Crippen molar-refractivity contribution in [3.8, 4) is 5.75 Å². The summed E-state index contributed by atoms with van der Waals surface area (Å²) >= 11 is 6.41. The Kier molecular flexibility index (Phi) is 12.1. The Balaban J connectivity index is 1.77. The van der Waals surface area contributed by atoms with E-state index in [1.807, 2.05) is 25.1 Å². The van der Waals surface area contributed by atoms with E-state index in [0.717, 1.165) is 74.4 Å². The van der Waals surface area contributed by atoms with Gasteiger partial charge in [0.2, 0.25) is 0 Å². The van der Waals surface area contributed by atoms with Crippen molar-refractivity contribution in [2.45, 2.75) is 90.7 Å². The summed E-state index contributed by atoms with van der Waals surface area (Å²) in [5.74, 6) is 1.71. The molecule has 7 atom stereocenters. The van der Waals surface area contributed by atoms with Gasteiger partial charge in [0.05, 0.1) is 17.5 Å². The highest BCUT2D eigenvalue weighted by molar-refractivity contribution is 7.84. The molecule has 2 aliphatic rings. The van der Waals surface area contributed by atoms with E-state index < -0.39 is 11.0 Å². The minimum Gasteiger partial charge on any atom is -0.491 e. The van der Waals surface area contributed by atoms with E-state index in [1.165, 1.54) is 11.1 Å². The lowest BCUT2D eigenvalue weighted by molar-refractivity contribution is -0.109. The molecular formula is C35H49ClN2O4S. The minimum absolute atomic E-state index is 0.113. The number of rotatable bonds is 6. The maximum absolute atomic E-state index is 13.3. The molecule has 0 radical (unpaired) electrons. The molecule has 43 heavy (non-hydrogen) atoms. The first-order valence-electron chi connectivity index (χ1n) is 16.1. The van der Waals surface area contributed by atoms with Crippen molar-refractivity contribution >= 4 is 40.5 Å². The van der Waals surface area contributed by atoms with Gasteiger partial charge in [-0.1, -0.05) is 64.6 Å². The quantitative estimate of drug-likeness (QED) is 0.331. The summed E-state index contributed by atoms with van der Waals surface area (Å²) in [7, 11) is -1.51. The lowest BCUT2D eigenvalue weighted by Crippen LogP contribution is -2.37. The van der Waals surface area contributed by atoms with E-state index >= 15 is 0 Å². The van der Waals surface area contributed by atoms with E-state index in [9.17, 15) is 13.8 Å². The molecule has 2 aromatic rings. The summed E-state index contributed by atoms with van der Waals surface area (Å²) in [6.07, 6.45) is 7.46. The van der Waals surface area contributed by atoms with Gasteiger partial charge in [0.1, 0.15) is 23.0 Å². The first-order valence-corrected chi connectivity index (χ1v) is 17.7. The van der Waals surface area contributed by atoms with Crippen LogP contribution in [-0.2, 0) is 22.2 Å². The van der Waals surface area contributed by atoms with Crippen molar-refractivity contribution in [2.75, 3.05) is 24.6 Å². The van der Waals surface area contributed by atoms with Crippen LogP contribution in [0.2, 0.25) is 5.02 Å². The molecule has 8 heteroatoms. The molecule has 2 aromatic carbocycles. The highest BCUT2D eigenvalue weighted by Gasteiger charge is 2.32. The van der Waals surface area contributed by atoms with Gasteiger partial charge in [-0.25, -0.2) is 4.21 Å². The van der Waals surface area contributed by atoms with Crippen LogP contribution in [0.25, 0.3) is 0 Å². The third-order valence-corrected chi connectivity index (χ3v) is 11.6. The van der Waals surface area contributed by atoms with Gasteiger partial charge >= 0.3 is 0 Å². The lowest BCUT2D eigenvalue weighted by atomic mass is 9.76. The predicted molar refractivity (Wildman–Crippen MR) is 178 cm³/mol. The van der Waals surface area contributed by atoms with Crippen LogP contribution in [0.1, 0.15) is 101 Å². The fourth-order valence-corrected chi connectivity index (χ4v) is 8.40. The highest BCUT2D eigenvalue weighted by Crippen LogP contribution is 2.39. The molecular weight excluding hydrogens is 580 g/mol. The number of amides is 1. The second-order valence-electron chi connectivity index (χ2n) is 12.7. The summed E-state index contributed by atoms with van der Waals surface area (Å²) in [4.78, 5) is 27.5. The third-order valence-electron chi connectivity index (χ3n) is 9.79. The number of ether oxygens (including phenoxy) is 1. The third kappa shape index (κ3) is 8.21. The number of benzene rings is 2. The Morgan fingerprint density at radius 1 is 1.07 bits per heavy atom. The van der Waals surface area contributed by atoms with E-state index in [0.29, 0.717) is 36.3 Å². The number of carbonyl (C=O) groups is 2. The molecule has 0 saturated carbocycles. The van der Waals surface area contributed by atoms with Gasteiger partial charge in [-0.15, -0.1) is 0 Å². The number of hydrogen-bond acceptors (Lipinski definition) is 5. The van der Waals surface area contributed by atoms with Gasteiger partial charge in [0.15, 0.2) is 0 Å². The van der Waals surface area contributed by atoms with Gasteiger partial charge < -0.3 is 14.4 Å². The zero-order chi connectivity index (χ0) is 31.1. The van der Waals surface area contributed by atoms with Crippen molar-refractivity contribution in [3.63, 3.8) is 0 Å². The van der Waals surface area contributed by atoms with E-state index in [2.05, 4.69) is 49.4 Å². The molecule has 0 aliphatic carbocycles. The van der Waals surface area contributed by atoms with Crippen LogP contribution in [0.15, 0.2) is 36.4 Å². The zero-order valence-electron chi connectivity index (χ0n) is 26.4. The van der Waals surface area contributed by atoms with E-state index in [4.69, 9.17) is 16.3 Å². The smallest absolute Gasteiger partial charge is 0.263 e. The molecule has 1 amide bonds. The van der Waals surface area contributed by atoms with Crippen molar-refractivity contribution in [2.24, 2.45) is 23.7 Å². The number of nitrogens with zero attached hydrogens (tertiary/aromatic N) is 1. The monoisotopic (exact) mass is 628 g/mol. The number of aryl methyl sites for hydroxylation is 1. The molecule has 7 unspecified atom stereocenters. The SMILES string of the molecule is CCCc1cc(Cl)ccc1C1COc2ccc3cc2N(C1)CC(C)C(CC)C(CC=O)CCCC(C)C(C)S(=O)NC3=O. The normalized spacial score (nSPS) is 28.8. The second-order valence-corrected chi connectivity index (χ2v) is 14.7. The highest BCUT2D eigenvalue weighted by atomic mass is 35.5. The van der Waals surface area contributed by atoms with Crippen LogP contribution in [0.3, 0.4) is 0 Å². The average molecular weight is 629 g/mol. The molecule has 236 valence electrons. The fraction of sp³-hybridized carbons (Fsp3) is 0.600. The number of aldehydes is 1. The van der Waals surface area contributed by atoms with Crippen LogP contribution in [-0.4, -0.2) is 41.3 Å². The zero-order valence-corrected chi connectivity index (χ0v) is 28.0. The number of hydrogen-bond donors (Lipinski definition) is 1. The molecule has 0 fully saturated rings. The first kappa shape index (κ1) is 33.5. The summed E-state index contributed by atoms with van der Waals surface area (Å²) in [6, 6.07) is 11.7. The summed E-state index contributed by atoms with van der Waals surface area (Å²) in [5, 5.41) is 0.563. The Labute approximate surface area is 265 Å². The molecule has 0 saturated heterocycles. The standard InChI is InChI=1S/C35H49ClN2O4S/c1-6-9-27-18-30(36)13-14-32(27)29-21-38-20-24(4)31(7-2)26(16-17-39)11-8-10-23(3)25(5)43(41)37-35(40)28-12-15-34(42-22-29)33(38)19-28/h12-15,17-19,23-26,29,31H,6-11,16,20-22H2,1-5H3,(H,37,40). The molecule has 0 aromatic heterocycles. The molecule has 0 spiro atoms. The largest absolute Gasteiger partial charge is 0.491 e. The predicted octanol–water partition coefficient (Wildman–Crippen LogP) is 7.74. The van der Waals surface area contributed by atoms with Gasteiger partial charge in [-0.05, 0) is 91.3 Å². The molecule has 2 aliphatic heterocycles. The molecule has 2 heterocycles. The van der Waals surface area contributed by atoms with Crippen LogP contribution in [0, 0.1) is 23.7 Å². The minimum atomic E-state index is -1.51. The molecule has 1 N–H and O–H groups in total. The Morgan fingerprint density at radius 3 is 2.58 bits per heavy atom. The topological polar surface area (TPSA) is 75.7 Å². The van der Waals surface area contributed by atoms with Crippen molar-refractivity contribution in [1.29, 1.82) is 0 Å². The van der Waals surface area contributed by atoms with Crippen LogP contribution >= 0.6 is 11.6 Å². The van der Waals surface area contributed by atoms with E-state index in [-0.39, 0.29) is 23.0 Å². The van der Waals surface area contributed by atoms with Crippen molar-refractivity contribution in [3.05, 3.63) is 58.1 Å². The van der Waals surface area contributed by atoms with Crippen LogP contribution < -0.4 is 14.4 Å². The average Bonchev–Trinajstić information content (AvgIpc) is 3.15. The van der Waals surface area contributed by atoms with Crippen molar-refractivity contribution < 1.29 is 18.5 Å². The Morgan fingerprint density at radius 2 is 1.86 bits per heavy atom. The summed E-state index contributed by atoms with van der Waals surface area (Å²) in [6.45, 7) is 12.8.